The number of halogens is 1. The van der Waals surface area contributed by atoms with Gasteiger partial charge in [-0.15, -0.1) is 0 Å². The lowest BCUT2D eigenvalue weighted by Crippen LogP contribution is -2.13. The standard InChI is InChI=1S/C24H18ClN5O3S/c1-14-8-9-18(11-20(14)25)34(32,33)29-16-5-2-4-15(10-16)22(31)19-12-30(17-6-3-7-17)24-21(19)23(26)27-13-28-24/h2-13,29H,1H3,(H2,26,27,28). The van der Waals surface area contributed by atoms with E-state index in [9.17, 15) is 13.2 Å². The van der Waals surface area contributed by atoms with Gasteiger partial charge in [-0.2, -0.15) is 0 Å². The number of carbonyl (C=O) groups is 1. The summed E-state index contributed by atoms with van der Waals surface area (Å²) in [4.78, 5) is 21.8. The number of carbonyl (C=O) groups excluding carboxylic acids is 1. The Morgan fingerprint density at radius 1 is 1.15 bits per heavy atom. The number of nitrogen functional groups attached to an aromatic ring is 1. The molecule has 0 bridgehead atoms. The number of fused-ring (bicyclic) bond motifs is 1. The molecule has 0 saturated carbocycles. The van der Waals surface area contributed by atoms with Gasteiger partial charge in [-0.3, -0.25) is 9.52 Å². The van der Waals surface area contributed by atoms with Crippen LogP contribution in [0.1, 0.15) is 21.5 Å². The molecule has 0 fully saturated rings. The summed E-state index contributed by atoms with van der Waals surface area (Å²) in [5.41, 5.74) is 9.07. The molecule has 2 aromatic heterocycles. The predicted molar refractivity (Wildman–Crippen MR) is 132 cm³/mol. The number of ketones is 1. The Hall–Kier alpha value is -3.95. The molecule has 0 atom stereocenters. The van der Waals surface area contributed by atoms with Gasteiger partial charge in [0.25, 0.3) is 10.0 Å². The van der Waals surface area contributed by atoms with E-state index in [1.54, 1.807) is 42.0 Å². The van der Waals surface area contributed by atoms with Crippen molar-refractivity contribution in [2.45, 2.75) is 11.8 Å². The van der Waals surface area contributed by atoms with Crippen molar-refractivity contribution >= 4 is 55.6 Å². The average molecular weight is 492 g/mol. The number of anilines is 2. The molecule has 8 nitrogen and oxygen atoms in total. The molecule has 3 N–H and O–H groups in total. The molecule has 10 heteroatoms. The summed E-state index contributed by atoms with van der Waals surface area (Å²) >= 11 is 6.09. The van der Waals surface area contributed by atoms with Crippen LogP contribution in [0.25, 0.3) is 16.7 Å². The summed E-state index contributed by atoms with van der Waals surface area (Å²) in [5.74, 6) is -0.155. The first kappa shape index (κ1) is 21.9. The number of aryl methyl sites for hydroxylation is 1. The maximum atomic E-state index is 13.5. The van der Waals surface area contributed by atoms with E-state index < -0.39 is 10.0 Å². The lowest BCUT2D eigenvalue weighted by atomic mass is 10.0. The molecule has 1 aliphatic rings. The van der Waals surface area contributed by atoms with Gasteiger partial charge >= 0.3 is 0 Å². The monoisotopic (exact) mass is 491 g/mol. The molecule has 170 valence electrons. The van der Waals surface area contributed by atoms with Crippen LogP contribution in [0.3, 0.4) is 0 Å². The molecule has 0 unspecified atom stereocenters. The second kappa shape index (κ2) is 8.12. The summed E-state index contributed by atoms with van der Waals surface area (Å²) in [6, 6.07) is 10.7. The minimum atomic E-state index is -3.91. The molecule has 0 radical (unpaired) electrons. The topological polar surface area (TPSA) is 120 Å². The van der Waals surface area contributed by atoms with Gasteiger partial charge in [0.15, 0.2) is 11.4 Å². The van der Waals surface area contributed by atoms with Crippen LogP contribution >= 0.6 is 11.6 Å². The number of benzene rings is 2. The van der Waals surface area contributed by atoms with Crippen LogP contribution in [0, 0.1) is 6.92 Å². The van der Waals surface area contributed by atoms with Gasteiger partial charge in [-0.1, -0.05) is 35.9 Å². The molecule has 34 heavy (non-hydrogen) atoms. The molecule has 4 aromatic rings. The average Bonchev–Trinajstić information content (AvgIpc) is 3.14. The predicted octanol–water partition coefficient (Wildman–Crippen LogP) is 4.42. The first-order valence-electron chi connectivity index (χ1n) is 10.2. The molecular weight excluding hydrogens is 474 g/mol. The second-order valence-electron chi connectivity index (χ2n) is 7.75. The zero-order valence-corrected chi connectivity index (χ0v) is 19.4. The first-order chi connectivity index (χ1) is 16.2. The number of hydrogen-bond acceptors (Lipinski definition) is 6. The summed E-state index contributed by atoms with van der Waals surface area (Å²) < 4.78 is 30.0. The van der Waals surface area contributed by atoms with Crippen LogP contribution in [0.15, 0.2) is 78.1 Å². The highest BCUT2D eigenvalue weighted by atomic mass is 35.5. The van der Waals surface area contributed by atoms with Crippen LogP contribution in [-0.4, -0.2) is 28.7 Å². The van der Waals surface area contributed by atoms with E-state index in [1.807, 2.05) is 18.2 Å². The Morgan fingerprint density at radius 3 is 2.65 bits per heavy atom. The van der Waals surface area contributed by atoms with Crippen molar-refractivity contribution in [3.63, 3.8) is 0 Å². The summed E-state index contributed by atoms with van der Waals surface area (Å²) in [6.07, 6.45) is 8.66. The molecular formula is C24H18ClN5O3S. The van der Waals surface area contributed by atoms with Gasteiger partial charge in [-0.25, -0.2) is 18.4 Å². The van der Waals surface area contributed by atoms with Crippen molar-refractivity contribution in [3.8, 4) is 0 Å². The van der Waals surface area contributed by atoms with Crippen LogP contribution in [-0.2, 0) is 10.0 Å². The zero-order chi connectivity index (χ0) is 24.0. The van der Waals surface area contributed by atoms with Crippen LogP contribution in [0.4, 0.5) is 11.5 Å². The number of rotatable bonds is 6. The smallest absolute Gasteiger partial charge is 0.261 e. The Bertz CT molecular complexity index is 1650. The summed E-state index contributed by atoms with van der Waals surface area (Å²) in [7, 11) is -3.91. The lowest BCUT2D eigenvalue weighted by molar-refractivity contribution is 0.104. The second-order valence-corrected chi connectivity index (χ2v) is 9.84. The van der Waals surface area contributed by atoms with E-state index in [0.717, 1.165) is 11.3 Å². The minimum absolute atomic E-state index is 0.0228. The van der Waals surface area contributed by atoms with Gasteiger partial charge in [-0.05, 0) is 48.9 Å². The highest BCUT2D eigenvalue weighted by Crippen LogP contribution is 2.31. The maximum Gasteiger partial charge on any atom is 0.261 e. The maximum absolute atomic E-state index is 13.5. The normalized spacial score (nSPS) is 12.9. The van der Waals surface area contributed by atoms with Crippen molar-refractivity contribution < 1.29 is 13.2 Å². The lowest BCUT2D eigenvalue weighted by Gasteiger charge is -2.10. The molecule has 2 aromatic carbocycles. The quantitative estimate of drug-likeness (QED) is 0.385. The SMILES string of the molecule is Cc1ccc(S(=O)(=O)Nc2cccc(C(=O)c3cn(C4=CC=C4)c4ncnc(N)c34)c2)cc1Cl. The van der Waals surface area contributed by atoms with E-state index >= 15 is 0 Å². The van der Waals surface area contributed by atoms with Crippen molar-refractivity contribution in [1.82, 2.24) is 14.5 Å². The van der Waals surface area contributed by atoms with Crippen LogP contribution in [0.2, 0.25) is 5.02 Å². The molecule has 0 amide bonds. The number of sulfonamides is 1. The molecule has 2 heterocycles. The van der Waals surface area contributed by atoms with E-state index in [2.05, 4.69) is 14.7 Å². The van der Waals surface area contributed by atoms with E-state index in [1.165, 1.54) is 24.5 Å². The number of nitrogens with zero attached hydrogens (tertiary/aromatic N) is 3. The first-order valence-corrected chi connectivity index (χ1v) is 12.0. The van der Waals surface area contributed by atoms with Gasteiger partial charge in [0, 0.05) is 28.2 Å². The van der Waals surface area contributed by atoms with E-state index in [4.69, 9.17) is 17.3 Å². The number of nitrogens with one attached hydrogen (secondary N) is 1. The number of nitrogens with two attached hydrogens (primary N) is 1. The van der Waals surface area contributed by atoms with Gasteiger partial charge in [0.1, 0.15) is 12.1 Å². The Balaban J connectivity index is 1.51. The van der Waals surface area contributed by atoms with Crippen LogP contribution < -0.4 is 10.5 Å². The fourth-order valence-electron chi connectivity index (χ4n) is 3.63. The molecule has 0 saturated heterocycles. The third kappa shape index (κ3) is 3.74. The van der Waals surface area contributed by atoms with E-state index in [0.29, 0.717) is 21.6 Å². The van der Waals surface area contributed by atoms with Crippen LogP contribution in [0.5, 0.6) is 0 Å². The summed E-state index contributed by atoms with van der Waals surface area (Å²) in [6.45, 7) is 1.79. The van der Waals surface area contributed by atoms with E-state index in [-0.39, 0.29) is 27.7 Å². The summed E-state index contributed by atoms with van der Waals surface area (Å²) in [5, 5.41) is 0.786. The molecule has 5 rings (SSSR count). The minimum Gasteiger partial charge on any atom is -0.383 e. The Kier molecular flexibility index (Phi) is 5.22. The third-order valence-corrected chi connectivity index (χ3v) is 7.29. The van der Waals surface area contributed by atoms with Crippen molar-refractivity contribution in [1.29, 1.82) is 0 Å². The molecule has 1 aliphatic carbocycles. The highest BCUT2D eigenvalue weighted by molar-refractivity contribution is 7.92. The van der Waals surface area contributed by atoms with Crippen molar-refractivity contribution in [3.05, 3.63) is 94.9 Å². The van der Waals surface area contributed by atoms with Crippen molar-refractivity contribution in [2.24, 2.45) is 0 Å². The fraction of sp³-hybridized carbons (Fsp3) is 0.0417. The highest BCUT2D eigenvalue weighted by Gasteiger charge is 2.23. The molecule has 0 spiro atoms. The Morgan fingerprint density at radius 2 is 1.94 bits per heavy atom. The molecule has 0 aliphatic heterocycles. The van der Waals surface area contributed by atoms with Gasteiger partial charge in [0.05, 0.1) is 15.8 Å². The number of allylic oxidation sites excluding steroid dienone is 4. The van der Waals surface area contributed by atoms with Crippen molar-refractivity contribution in [2.75, 3.05) is 10.5 Å². The zero-order valence-electron chi connectivity index (χ0n) is 17.9. The number of hydrogen-bond donors (Lipinski definition) is 2. The third-order valence-electron chi connectivity index (χ3n) is 5.50. The largest absolute Gasteiger partial charge is 0.383 e. The van der Waals surface area contributed by atoms with Gasteiger partial charge < -0.3 is 10.3 Å². The fourth-order valence-corrected chi connectivity index (χ4v) is 4.95. The van der Waals surface area contributed by atoms with Gasteiger partial charge in [0.2, 0.25) is 0 Å². The number of aromatic nitrogens is 3. The Labute approximate surface area is 200 Å².